The van der Waals surface area contributed by atoms with Gasteiger partial charge in [0, 0.05) is 74.9 Å². The number of para-hydroxylation sites is 2. The van der Waals surface area contributed by atoms with Crippen LogP contribution >= 0.6 is 0 Å². The van der Waals surface area contributed by atoms with Crippen LogP contribution in [0.3, 0.4) is 0 Å². The summed E-state index contributed by atoms with van der Waals surface area (Å²) in [6.45, 7) is 6.90. The molecular formula is C34H37N9. The van der Waals surface area contributed by atoms with Gasteiger partial charge in [-0.3, -0.25) is 16.2 Å². The van der Waals surface area contributed by atoms with Gasteiger partial charge >= 0.3 is 0 Å². The van der Waals surface area contributed by atoms with Gasteiger partial charge in [-0.15, -0.1) is 5.11 Å². The number of piperazine rings is 2. The van der Waals surface area contributed by atoms with Crippen molar-refractivity contribution < 1.29 is 0 Å². The Kier molecular flexibility index (Phi) is 8.59. The standard InChI is InChI=1S/C34H37N9/c35-33(42-23-19-40(20-24-42)31-7-3-1-4-8-31)27-11-15-29(16-12-27)37-39-38-30-17-13-28(14-18-30)34(36)43-25-21-41(22-26-43)32-9-5-2-6-10-32/h1-18,35-36H,19-26H2,(H,37,38). The van der Waals surface area contributed by atoms with E-state index in [-0.39, 0.29) is 0 Å². The number of hydrogen-bond acceptors (Lipinski definition) is 6. The van der Waals surface area contributed by atoms with E-state index in [1.54, 1.807) is 0 Å². The van der Waals surface area contributed by atoms with Crippen molar-refractivity contribution in [2.75, 3.05) is 67.6 Å². The van der Waals surface area contributed by atoms with Crippen LogP contribution in [0.5, 0.6) is 0 Å². The van der Waals surface area contributed by atoms with Crippen molar-refractivity contribution in [3.05, 3.63) is 120 Å². The lowest BCUT2D eigenvalue weighted by atomic mass is 10.1. The Hall–Kier alpha value is -5.18. The maximum absolute atomic E-state index is 8.70. The Labute approximate surface area is 253 Å². The summed E-state index contributed by atoms with van der Waals surface area (Å²) in [5.41, 5.74) is 8.74. The Morgan fingerprint density at radius 1 is 0.512 bits per heavy atom. The van der Waals surface area contributed by atoms with E-state index >= 15 is 0 Å². The summed E-state index contributed by atoms with van der Waals surface area (Å²) in [5.74, 6) is 1.09. The lowest BCUT2D eigenvalue weighted by Crippen LogP contribution is -2.48. The third-order valence-corrected chi connectivity index (χ3v) is 8.08. The first-order chi connectivity index (χ1) is 21.1. The summed E-state index contributed by atoms with van der Waals surface area (Å²) in [7, 11) is 0. The highest BCUT2D eigenvalue weighted by Crippen LogP contribution is 2.20. The number of nitrogens with one attached hydrogen (secondary N) is 3. The van der Waals surface area contributed by atoms with Gasteiger partial charge in [0.1, 0.15) is 11.7 Å². The number of amidine groups is 2. The second-order valence-electron chi connectivity index (χ2n) is 10.8. The topological polar surface area (TPSA) is 97.4 Å². The molecule has 0 aliphatic carbocycles. The highest BCUT2D eigenvalue weighted by atomic mass is 15.4. The van der Waals surface area contributed by atoms with E-state index in [1.165, 1.54) is 11.4 Å². The van der Waals surface area contributed by atoms with E-state index in [2.05, 4.69) is 83.9 Å². The van der Waals surface area contributed by atoms with Gasteiger partial charge in [0.05, 0.1) is 11.4 Å². The van der Waals surface area contributed by atoms with Crippen molar-refractivity contribution in [2.45, 2.75) is 0 Å². The van der Waals surface area contributed by atoms with E-state index in [0.29, 0.717) is 17.4 Å². The zero-order valence-electron chi connectivity index (χ0n) is 24.2. The summed E-state index contributed by atoms with van der Waals surface area (Å²) in [6.07, 6.45) is 0. The average Bonchev–Trinajstić information content (AvgIpc) is 3.09. The van der Waals surface area contributed by atoms with Gasteiger partial charge in [0.25, 0.3) is 0 Å². The minimum absolute atomic E-state index is 0.540. The minimum atomic E-state index is 0.540. The molecule has 2 aliphatic heterocycles. The second-order valence-corrected chi connectivity index (χ2v) is 10.8. The summed E-state index contributed by atoms with van der Waals surface area (Å²) in [4.78, 5) is 9.00. The van der Waals surface area contributed by atoms with E-state index in [4.69, 9.17) is 10.8 Å². The lowest BCUT2D eigenvalue weighted by Gasteiger charge is -2.37. The van der Waals surface area contributed by atoms with Crippen LogP contribution in [-0.2, 0) is 0 Å². The molecule has 0 spiro atoms. The molecule has 9 nitrogen and oxygen atoms in total. The van der Waals surface area contributed by atoms with Crippen molar-refractivity contribution in [2.24, 2.45) is 10.3 Å². The molecule has 0 amide bonds. The molecule has 2 fully saturated rings. The Morgan fingerprint density at radius 2 is 0.930 bits per heavy atom. The van der Waals surface area contributed by atoms with Gasteiger partial charge in [-0.05, 0) is 72.8 Å². The number of nitrogens with zero attached hydrogens (tertiary/aromatic N) is 6. The van der Waals surface area contributed by atoms with Gasteiger partial charge in [-0.25, -0.2) is 0 Å². The smallest absolute Gasteiger partial charge is 0.128 e. The first-order valence-electron chi connectivity index (χ1n) is 14.8. The molecule has 0 bridgehead atoms. The molecule has 4 aromatic carbocycles. The Balaban J connectivity index is 0.960. The molecule has 0 radical (unpaired) electrons. The zero-order chi connectivity index (χ0) is 29.4. The SMILES string of the molecule is N=C(c1ccc(/N=N/Nc2ccc(C(=N)N3CCN(c4ccccc4)CC3)cc2)cc1)N1CCN(c2ccccc2)CC1. The number of hydrogen-bond donors (Lipinski definition) is 3. The Morgan fingerprint density at radius 3 is 1.37 bits per heavy atom. The Bertz CT molecular complexity index is 1520. The predicted octanol–water partition coefficient (Wildman–Crippen LogP) is 6.09. The van der Waals surface area contributed by atoms with Crippen LogP contribution in [0.1, 0.15) is 11.1 Å². The van der Waals surface area contributed by atoms with Crippen LogP contribution in [0.25, 0.3) is 0 Å². The molecule has 218 valence electrons. The van der Waals surface area contributed by atoms with E-state index in [9.17, 15) is 0 Å². The average molecular weight is 572 g/mol. The van der Waals surface area contributed by atoms with Crippen molar-refractivity contribution in [1.82, 2.24) is 9.80 Å². The van der Waals surface area contributed by atoms with Crippen molar-refractivity contribution in [1.29, 1.82) is 10.8 Å². The first kappa shape index (κ1) is 28.0. The fraction of sp³-hybridized carbons (Fsp3) is 0.235. The second kappa shape index (κ2) is 13.2. The number of rotatable bonds is 7. The molecule has 0 aromatic heterocycles. The molecule has 2 aliphatic rings. The zero-order valence-corrected chi connectivity index (χ0v) is 24.2. The summed E-state index contributed by atoms with van der Waals surface area (Å²) in [5, 5.41) is 25.8. The van der Waals surface area contributed by atoms with Gasteiger partial charge in [-0.2, -0.15) is 0 Å². The van der Waals surface area contributed by atoms with Crippen molar-refractivity contribution >= 4 is 34.4 Å². The third kappa shape index (κ3) is 6.83. The van der Waals surface area contributed by atoms with Gasteiger partial charge in [0.2, 0.25) is 0 Å². The molecular weight excluding hydrogens is 534 g/mol. The molecule has 0 atom stereocenters. The predicted molar refractivity (Wildman–Crippen MR) is 175 cm³/mol. The maximum Gasteiger partial charge on any atom is 0.128 e. The fourth-order valence-electron chi connectivity index (χ4n) is 5.55. The van der Waals surface area contributed by atoms with Crippen molar-refractivity contribution in [3.8, 4) is 0 Å². The molecule has 3 N–H and O–H groups in total. The highest BCUT2D eigenvalue weighted by molar-refractivity contribution is 5.97. The normalized spacial score (nSPS) is 15.5. The molecule has 0 saturated carbocycles. The van der Waals surface area contributed by atoms with E-state index in [0.717, 1.165) is 69.2 Å². The van der Waals surface area contributed by atoms with E-state index < -0.39 is 0 Å². The van der Waals surface area contributed by atoms with Crippen LogP contribution in [0.4, 0.5) is 22.7 Å². The van der Waals surface area contributed by atoms with Gasteiger partial charge < -0.3 is 19.6 Å². The first-order valence-corrected chi connectivity index (χ1v) is 14.8. The lowest BCUT2D eigenvalue weighted by molar-refractivity contribution is 0.384. The molecule has 43 heavy (non-hydrogen) atoms. The quantitative estimate of drug-likeness (QED) is 0.108. The molecule has 2 saturated heterocycles. The summed E-state index contributed by atoms with van der Waals surface area (Å²) < 4.78 is 0. The molecule has 0 unspecified atom stereocenters. The summed E-state index contributed by atoms with van der Waals surface area (Å²) >= 11 is 0. The molecule has 4 aromatic rings. The molecule has 9 heteroatoms. The maximum atomic E-state index is 8.70. The fourth-order valence-corrected chi connectivity index (χ4v) is 5.55. The van der Waals surface area contributed by atoms with Gasteiger partial charge in [-0.1, -0.05) is 41.6 Å². The largest absolute Gasteiger partial charge is 0.368 e. The van der Waals surface area contributed by atoms with Crippen LogP contribution in [0.2, 0.25) is 0 Å². The molecule has 2 heterocycles. The van der Waals surface area contributed by atoms with Crippen LogP contribution < -0.4 is 15.2 Å². The van der Waals surface area contributed by atoms with E-state index in [1.807, 2.05) is 60.7 Å². The van der Waals surface area contributed by atoms with Crippen LogP contribution in [0, 0.1) is 10.8 Å². The highest BCUT2D eigenvalue weighted by Gasteiger charge is 2.21. The molecule has 6 rings (SSSR count). The van der Waals surface area contributed by atoms with Gasteiger partial charge in [0.15, 0.2) is 0 Å². The third-order valence-electron chi connectivity index (χ3n) is 8.08. The summed E-state index contributed by atoms with van der Waals surface area (Å²) in [6, 6.07) is 36.3. The monoisotopic (exact) mass is 571 g/mol. The minimum Gasteiger partial charge on any atom is -0.368 e. The number of anilines is 3. The number of benzene rings is 4. The van der Waals surface area contributed by atoms with Crippen molar-refractivity contribution in [3.63, 3.8) is 0 Å². The van der Waals surface area contributed by atoms with Crippen LogP contribution in [-0.4, -0.2) is 73.8 Å². The van der Waals surface area contributed by atoms with Crippen LogP contribution in [0.15, 0.2) is 120 Å².